The predicted molar refractivity (Wildman–Crippen MR) is 78.2 cm³/mol. The number of hydrazone groups is 1. The number of amides is 1. The fourth-order valence-corrected chi connectivity index (χ4v) is 2.47. The van der Waals surface area contributed by atoms with Gasteiger partial charge in [0.05, 0.1) is 0 Å². The lowest BCUT2D eigenvalue weighted by atomic mass is 9.99. The van der Waals surface area contributed by atoms with E-state index in [-0.39, 0.29) is 22.2 Å². The average Bonchev–Trinajstić information content (AvgIpc) is 2.77. The summed E-state index contributed by atoms with van der Waals surface area (Å²) in [6, 6.07) is 5.90. The van der Waals surface area contributed by atoms with Crippen LogP contribution in [0.15, 0.2) is 33.8 Å². The molecule has 120 valence electrons. The Kier molecular flexibility index (Phi) is 4.36. The van der Waals surface area contributed by atoms with Gasteiger partial charge in [-0.25, -0.2) is 0 Å². The molecule has 1 aliphatic heterocycles. The predicted octanol–water partition coefficient (Wildman–Crippen LogP) is 3.56. The van der Waals surface area contributed by atoms with Gasteiger partial charge in [-0.3, -0.25) is 4.79 Å². The molecular formula is C14H14BrF3N2O2. The van der Waals surface area contributed by atoms with Crippen LogP contribution in [0.2, 0.25) is 0 Å². The van der Waals surface area contributed by atoms with Crippen molar-refractivity contribution in [3.8, 4) is 0 Å². The molecular weight excluding hydrogens is 365 g/mol. The average molecular weight is 379 g/mol. The van der Waals surface area contributed by atoms with Gasteiger partial charge in [-0.1, -0.05) is 35.8 Å². The van der Waals surface area contributed by atoms with Gasteiger partial charge in [0.2, 0.25) is 0 Å². The van der Waals surface area contributed by atoms with Crippen molar-refractivity contribution >= 4 is 27.5 Å². The molecule has 0 radical (unpaired) electrons. The molecule has 2 rings (SSSR count). The maximum absolute atomic E-state index is 13.3. The van der Waals surface area contributed by atoms with E-state index in [1.165, 1.54) is 18.2 Å². The van der Waals surface area contributed by atoms with Crippen molar-refractivity contribution < 1.29 is 23.1 Å². The zero-order valence-electron chi connectivity index (χ0n) is 11.9. The molecule has 0 spiro atoms. The molecule has 8 heteroatoms. The molecule has 0 unspecified atom stereocenters. The molecule has 1 aromatic carbocycles. The van der Waals surface area contributed by atoms with Crippen molar-refractivity contribution in [3.63, 3.8) is 0 Å². The molecule has 1 N–H and O–H groups in total. The summed E-state index contributed by atoms with van der Waals surface area (Å²) < 4.78 is 40.3. The Bertz CT molecular complexity index is 631. The number of rotatable bonds is 2. The van der Waals surface area contributed by atoms with Gasteiger partial charge in [0.25, 0.3) is 11.6 Å². The first kappa shape index (κ1) is 17.0. The molecule has 1 aliphatic rings. The summed E-state index contributed by atoms with van der Waals surface area (Å²) in [6.45, 7) is 3.31. The fourth-order valence-electron chi connectivity index (χ4n) is 2.07. The summed E-state index contributed by atoms with van der Waals surface area (Å²) >= 11 is 3.15. The normalized spacial score (nSPS) is 22.2. The second-order valence-corrected chi connectivity index (χ2v) is 6.28. The van der Waals surface area contributed by atoms with E-state index in [1.54, 1.807) is 19.9 Å². The topological polar surface area (TPSA) is 52.9 Å². The SMILES string of the molecule is CC(C)C1=NN(C(=O)c2cccc(Br)c2)[C@@](O)(C(F)(F)F)C1. The summed E-state index contributed by atoms with van der Waals surface area (Å²) in [7, 11) is 0. The Balaban J connectivity index is 2.46. The van der Waals surface area contributed by atoms with Crippen LogP contribution in [0.1, 0.15) is 30.6 Å². The molecule has 1 heterocycles. The van der Waals surface area contributed by atoms with Crippen LogP contribution in [-0.4, -0.2) is 33.6 Å². The molecule has 0 bridgehead atoms. The van der Waals surface area contributed by atoms with E-state index in [4.69, 9.17) is 0 Å². The van der Waals surface area contributed by atoms with Crippen molar-refractivity contribution in [2.45, 2.75) is 32.2 Å². The van der Waals surface area contributed by atoms with E-state index in [1.807, 2.05) is 0 Å². The monoisotopic (exact) mass is 378 g/mol. The molecule has 1 amide bonds. The highest BCUT2D eigenvalue weighted by molar-refractivity contribution is 9.10. The molecule has 4 nitrogen and oxygen atoms in total. The molecule has 22 heavy (non-hydrogen) atoms. The first-order valence-electron chi connectivity index (χ1n) is 6.53. The van der Waals surface area contributed by atoms with Gasteiger partial charge in [-0.15, -0.1) is 0 Å². The lowest BCUT2D eigenvalue weighted by Gasteiger charge is -2.32. The van der Waals surface area contributed by atoms with Crippen molar-refractivity contribution in [3.05, 3.63) is 34.3 Å². The van der Waals surface area contributed by atoms with Crippen LogP contribution >= 0.6 is 15.9 Å². The summed E-state index contributed by atoms with van der Waals surface area (Å²) in [6.07, 6.45) is -5.75. The maximum Gasteiger partial charge on any atom is 0.438 e. The first-order valence-corrected chi connectivity index (χ1v) is 7.32. The van der Waals surface area contributed by atoms with Gasteiger partial charge in [-0.05, 0) is 24.1 Å². The number of aliphatic hydroxyl groups is 1. The Morgan fingerprint density at radius 1 is 1.45 bits per heavy atom. The minimum absolute atomic E-state index is 0.00538. The van der Waals surface area contributed by atoms with Crippen molar-refractivity contribution in [1.29, 1.82) is 0 Å². The Hall–Kier alpha value is -1.41. The Labute approximate surface area is 133 Å². The quantitative estimate of drug-likeness (QED) is 0.855. The standard InChI is InChI=1S/C14H14BrF3N2O2/c1-8(2)11-7-13(22,14(16,17)18)20(19-11)12(21)9-4-3-5-10(15)6-9/h3-6,8,22H,7H2,1-2H3/t13-/m0/s1. The number of hydrogen-bond donors (Lipinski definition) is 1. The summed E-state index contributed by atoms with van der Waals surface area (Å²) in [4.78, 5) is 12.4. The minimum Gasteiger partial charge on any atom is -0.362 e. The highest BCUT2D eigenvalue weighted by atomic mass is 79.9. The maximum atomic E-state index is 13.3. The van der Waals surface area contributed by atoms with Gasteiger partial charge in [0.15, 0.2) is 0 Å². The van der Waals surface area contributed by atoms with Crippen LogP contribution in [0.3, 0.4) is 0 Å². The van der Waals surface area contributed by atoms with Crippen molar-refractivity contribution in [2.75, 3.05) is 0 Å². The van der Waals surface area contributed by atoms with E-state index < -0.39 is 24.2 Å². The number of alkyl halides is 3. The third-order valence-electron chi connectivity index (χ3n) is 3.39. The zero-order chi connectivity index (χ0) is 16.7. The minimum atomic E-state index is -5.01. The summed E-state index contributed by atoms with van der Waals surface area (Å²) in [5, 5.41) is 13.9. The van der Waals surface area contributed by atoms with E-state index in [2.05, 4.69) is 21.0 Å². The molecule has 1 atom stereocenters. The van der Waals surface area contributed by atoms with Crippen LogP contribution in [0.4, 0.5) is 13.2 Å². The van der Waals surface area contributed by atoms with Gasteiger partial charge in [-0.2, -0.15) is 23.3 Å². The molecule has 0 fully saturated rings. The number of nitrogens with zero attached hydrogens (tertiary/aromatic N) is 2. The molecule has 0 aromatic heterocycles. The largest absolute Gasteiger partial charge is 0.438 e. The highest BCUT2D eigenvalue weighted by Gasteiger charge is 2.63. The Morgan fingerprint density at radius 2 is 2.09 bits per heavy atom. The van der Waals surface area contributed by atoms with Crippen LogP contribution in [0.25, 0.3) is 0 Å². The molecule has 0 saturated carbocycles. The molecule has 0 saturated heterocycles. The van der Waals surface area contributed by atoms with Crippen LogP contribution < -0.4 is 0 Å². The van der Waals surface area contributed by atoms with Gasteiger partial charge >= 0.3 is 6.18 Å². The van der Waals surface area contributed by atoms with Gasteiger partial charge < -0.3 is 5.11 Å². The third kappa shape index (κ3) is 2.89. The van der Waals surface area contributed by atoms with Crippen LogP contribution in [0, 0.1) is 5.92 Å². The van der Waals surface area contributed by atoms with Gasteiger partial charge in [0.1, 0.15) is 0 Å². The van der Waals surface area contributed by atoms with Crippen molar-refractivity contribution in [2.24, 2.45) is 11.0 Å². The molecule has 0 aliphatic carbocycles. The van der Waals surface area contributed by atoms with E-state index in [0.29, 0.717) is 4.47 Å². The Morgan fingerprint density at radius 3 is 2.59 bits per heavy atom. The third-order valence-corrected chi connectivity index (χ3v) is 3.88. The lowest BCUT2D eigenvalue weighted by Crippen LogP contribution is -2.56. The summed E-state index contributed by atoms with van der Waals surface area (Å²) in [5.74, 6) is -1.31. The smallest absolute Gasteiger partial charge is 0.362 e. The van der Waals surface area contributed by atoms with Gasteiger partial charge in [0, 0.05) is 22.2 Å². The number of carbonyl (C=O) groups is 1. The number of hydrogen-bond acceptors (Lipinski definition) is 3. The first-order chi connectivity index (χ1) is 10.1. The van der Waals surface area contributed by atoms with E-state index in [0.717, 1.165) is 0 Å². The molecule has 1 aromatic rings. The fraction of sp³-hybridized carbons (Fsp3) is 0.429. The number of halogens is 4. The second kappa shape index (κ2) is 5.66. The lowest BCUT2D eigenvalue weighted by molar-refractivity contribution is -0.297. The zero-order valence-corrected chi connectivity index (χ0v) is 13.4. The number of carbonyl (C=O) groups excluding carboxylic acids is 1. The van der Waals surface area contributed by atoms with Crippen LogP contribution in [-0.2, 0) is 0 Å². The number of benzene rings is 1. The van der Waals surface area contributed by atoms with E-state index >= 15 is 0 Å². The highest BCUT2D eigenvalue weighted by Crippen LogP contribution is 2.42. The second-order valence-electron chi connectivity index (χ2n) is 5.36. The van der Waals surface area contributed by atoms with Crippen LogP contribution in [0.5, 0.6) is 0 Å². The van der Waals surface area contributed by atoms with E-state index in [9.17, 15) is 23.1 Å². The summed E-state index contributed by atoms with van der Waals surface area (Å²) in [5.41, 5.74) is -3.18. The van der Waals surface area contributed by atoms with Crippen molar-refractivity contribution in [1.82, 2.24) is 5.01 Å².